The molecule has 0 amide bonds. The Morgan fingerprint density at radius 3 is 2.67 bits per heavy atom. The molecule has 2 aromatic rings. The van der Waals surface area contributed by atoms with Crippen molar-refractivity contribution in [3.63, 3.8) is 0 Å². The van der Waals surface area contributed by atoms with Crippen LogP contribution in [0, 0.1) is 5.82 Å². The SMILES string of the molecule is CCOC(OCC)c1cn(Cc2cc(F)ccc2Cl)nn1. The summed E-state index contributed by atoms with van der Waals surface area (Å²) in [6.07, 6.45) is 1.16. The second-order valence-electron chi connectivity index (χ2n) is 4.32. The summed E-state index contributed by atoms with van der Waals surface area (Å²) in [4.78, 5) is 0. The van der Waals surface area contributed by atoms with E-state index < -0.39 is 6.29 Å². The zero-order valence-corrected chi connectivity index (χ0v) is 12.7. The molecule has 21 heavy (non-hydrogen) atoms. The largest absolute Gasteiger partial charge is 0.347 e. The first kappa shape index (κ1) is 15.9. The molecule has 114 valence electrons. The Bertz CT molecular complexity index is 585. The highest BCUT2D eigenvalue weighted by Gasteiger charge is 2.16. The van der Waals surface area contributed by atoms with Gasteiger partial charge in [-0.1, -0.05) is 16.8 Å². The quantitative estimate of drug-likeness (QED) is 0.737. The number of aromatic nitrogens is 3. The first-order chi connectivity index (χ1) is 10.1. The Morgan fingerprint density at radius 1 is 1.29 bits per heavy atom. The molecule has 0 saturated heterocycles. The third-order valence-corrected chi connectivity index (χ3v) is 3.14. The highest BCUT2D eigenvalue weighted by molar-refractivity contribution is 6.31. The number of benzene rings is 1. The molecule has 0 bridgehead atoms. The zero-order chi connectivity index (χ0) is 15.2. The monoisotopic (exact) mass is 313 g/mol. The Kier molecular flexibility index (Phi) is 5.67. The van der Waals surface area contributed by atoms with Crippen LogP contribution in [0.15, 0.2) is 24.4 Å². The minimum absolute atomic E-state index is 0.328. The van der Waals surface area contributed by atoms with Crippen molar-refractivity contribution in [2.45, 2.75) is 26.7 Å². The van der Waals surface area contributed by atoms with Crippen LogP contribution in [0.4, 0.5) is 4.39 Å². The van der Waals surface area contributed by atoms with Crippen LogP contribution >= 0.6 is 11.6 Å². The van der Waals surface area contributed by atoms with E-state index in [4.69, 9.17) is 21.1 Å². The zero-order valence-electron chi connectivity index (χ0n) is 11.9. The number of halogens is 2. The number of ether oxygens (including phenoxy) is 2. The first-order valence-corrected chi connectivity index (χ1v) is 7.09. The number of hydrogen-bond donors (Lipinski definition) is 0. The third kappa shape index (κ3) is 4.23. The summed E-state index contributed by atoms with van der Waals surface area (Å²) in [7, 11) is 0. The van der Waals surface area contributed by atoms with Crippen molar-refractivity contribution in [2.75, 3.05) is 13.2 Å². The normalized spacial score (nSPS) is 11.3. The lowest BCUT2D eigenvalue weighted by Crippen LogP contribution is -2.09. The Labute approximate surface area is 127 Å². The van der Waals surface area contributed by atoms with E-state index in [1.165, 1.54) is 18.2 Å². The number of hydrogen-bond acceptors (Lipinski definition) is 4. The second kappa shape index (κ2) is 7.49. The maximum Gasteiger partial charge on any atom is 0.204 e. The van der Waals surface area contributed by atoms with Gasteiger partial charge in [0.15, 0.2) is 0 Å². The van der Waals surface area contributed by atoms with Gasteiger partial charge in [-0.25, -0.2) is 9.07 Å². The smallest absolute Gasteiger partial charge is 0.204 e. The van der Waals surface area contributed by atoms with Gasteiger partial charge in [0.1, 0.15) is 11.5 Å². The molecule has 0 aliphatic carbocycles. The lowest BCUT2D eigenvalue weighted by Gasteiger charge is -2.13. The van der Waals surface area contributed by atoms with Gasteiger partial charge in [-0.2, -0.15) is 0 Å². The van der Waals surface area contributed by atoms with Crippen molar-refractivity contribution in [1.29, 1.82) is 0 Å². The van der Waals surface area contributed by atoms with Gasteiger partial charge in [0.25, 0.3) is 0 Å². The highest BCUT2D eigenvalue weighted by atomic mass is 35.5. The van der Waals surface area contributed by atoms with Crippen LogP contribution in [0.1, 0.15) is 31.4 Å². The van der Waals surface area contributed by atoms with Crippen molar-refractivity contribution in [2.24, 2.45) is 0 Å². The molecule has 0 atom stereocenters. The van der Waals surface area contributed by atoms with Gasteiger partial charge in [-0.3, -0.25) is 0 Å². The Morgan fingerprint density at radius 2 is 2.00 bits per heavy atom. The summed E-state index contributed by atoms with van der Waals surface area (Å²) in [6, 6.07) is 4.22. The van der Waals surface area contributed by atoms with Crippen molar-refractivity contribution in [3.8, 4) is 0 Å². The average molecular weight is 314 g/mol. The molecule has 0 unspecified atom stereocenters. The first-order valence-electron chi connectivity index (χ1n) is 6.71. The molecule has 0 aliphatic heterocycles. The molecule has 0 fully saturated rings. The summed E-state index contributed by atoms with van der Waals surface area (Å²) in [5.74, 6) is -0.337. The van der Waals surface area contributed by atoms with E-state index >= 15 is 0 Å². The summed E-state index contributed by atoms with van der Waals surface area (Å²) in [5, 5.41) is 8.51. The predicted molar refractivity (Wildman–Crippen MR) is 76.5 cm³/mol. The Balaban J connectivity index is 2.13. The summed E-state index contributed by atoms with van der Waals surface area (Å²) in [5.41, 5.74) is 1.21. The van der Waals surface area contributed by atoms with E-state index in [1.807, 2.05) is 13.8 Å². The van der Waals surface area contributed by atoms with Crippen LogP contribution < -0.4 is 0 Å². The van der Waals surface area contributed by atoms with E-state index in [9.17, 15) is 4.39 Å². The molecule has 1 heterocycles. The van der Waals surface area contributed by atoms with Gasteiger partial charge in [-0.15, -0.1) is 5.10 Å². The fourth-order valence-corrected chi connectivity index (χ4v) is 2.04. The van der Waals surface area contributed by atoms with E-state index in [1.54, 1.807) is 10.9 Å². The van der Waals surface area contributed by atoms with Gasteiger partial charge >= 0.3 is 0 Å². The fraction of sp³-hybridized carbons (Fsp3) is 0.429. The van der Waals surface area contributed by atoms with Crippen LogP contribution in [0.3, 0.4) is 0 Å². The fourth-order valence-electron chi connectivity index (χ4n) is 1.86. The van der Waals surface area contributed by atoms with Crippen LogP contribution in [0.25, 0.3) is 0 Å². The van der Waals surface area contributed by atoms with E-state index in [0.717, 1.165) is 0 Å². The van der Waals surface area contributed by atoms with Gasteiger partial charge < -0.3 is 9.47 Å². The van der Waals surface area contributed by atoms with Crippen molar-refractivity contribution in [1.82, 2.24) is 15.0 Å². The molecule has 1 aromatic carbocycles. The molecule has 0 saturated carbocycles. The van der Waals surface area contributed by atoms with Crippen LogP contribution in [0.5, 0.6) is 0 Å². The molecule has 0 radical (unpaired) electrons. The second-order valence-corrected chi connectivity index (χ2v) is 4.73. The number of nitrogens with zero attached hydrogens (tertiary/aromatic N) is 3. The van der Waals surface area contributed by atoms with Crippen molar-refractivity contribution in [3.05, 3.63) is 46.5 Å². The lowest BCUT2D eigenvalue weighted by atomic mass is 10.2. The van der Waals surface area contributed by atoms with Crippen LogP contribution in [-0.4, -0.2) is 28.2 Å². The van der Waals surface area contributed by atoms with Crippen molar-refractivity contribution < 1.29 is 13.9 Å². The highest BCUT2D eigenvalue weighted by Crippen LogP contribution is 2.20. The third-order valence-electron chi connectivity index (χ3n) is 2.77. The predicted octanol–water partition coefficient (Wildman–Crippen LogP) is 3.19. The van der Waals surface area contributed by atoms with Gasteiger partial charge in [-0.05, 0) is 37.6 Å². The molecule has 2 rings (SSSR count). The van der Waals surface area contributed by atoms with Crippen LogP contribution in [-0.2, 0) is 16.0 Å². The molecular weight excluding hydrogens is 297 g/mol. The molecule has 0 N–H and O–H groups in total. The van der Waals surface area contributed by atoms with Gasteiger partial charge in [0.2, 0.25) is 6.29 Å². The average Bonchev–Trinajstić information content (AvgIpc) is 2.91. The topological polar surface area (TPSA) is 49.2 Å². The Hall–Kier alpha value is -1.50. The van der Waals surface area contributed by atoms with Gasteiger partial charge in [0, 0.05) is 18.2 Å². The summed E-state index contributed by atoms with van der Waals surface area (Å²) >= 11 is 6.04. The summed E-state index contributed by atoms with van der Waals surface area (Å²) in [6.45, 7) is 5.10. The van der Waals surface area contributed by atoms with E-state index in [0.29, 0.717) is 36.0 Å². The van der Waals surface area contributed by atoms with Crippen LogP contribution in [0.2, 0.25) is 5.02 Å². The maximum atomic E-state index is 13.2. The summed E-state index contributed by atoms with van der Waals surface area (Å²) < 4.78 is 25.7. The molecule has 1 aromatic heterocycles. The van der Waals surface area contributed by atoms with Gasteiger partial charge in [0.05, 0.1) is 12.7 Å². The minimum atomic E-state index is -0.545. The molecule has 7 heteroatoms. The molecule has 0 spiro atoms. The lowest BCUT2D eigenvalue weighted by molar-refractivity contribution is -0.142. The molecular formula is C14H17ClFN3O2. The number of rotatable bonds is 7. The molecule has 0 aliphatic rings. The van der Waals surface area contributed by atoms with E-state index in [2.05, 4.69) is 10.3 Å². The standard InChI is InChI=1S/C14H17ClFN3O2/c1-3-20-14(21-4-2)13-9-19(18-17-13)8-10-7-11(16)5-6-12(10)15/h5-7,9,14H,3-4,8H2,1-2H3. The minimum Gasteiger partial charge on any atom is -0.347 e. The van der Waals surface area contributed by atoms with E-state index in [-0.39, 0.29) is 5.82 Å². The van der Waals surface area contributed by atoms with Crippen molar-refractivity contribution >= 4 is 11.6 Å². The molecule has 5 nitrogen and oxygen atoms in total. The maximum absolute atomic E-state index is 13.2.